The monoisotopic (exact) mass is 670 g/mol. The van der Waals surface area contributed by atoms with Crippen LogP contribution in [-0.4, -0.2) is 54.8 Å². The zero-order valence-electron chi connectivity index (χ0n) is 27.6. The number of rotatable bonds is 19. The predicted molar refractivity (Wildman–Crippen MR) is 188 cm³/mol. The minimum Gasteiger partial charge on any atom is -0.374 e. The van der Waals surface area contributed by atoms with E-state index in [0.717, 1.165) is 40.8 Å². The molecule has 0 saturated carbocycles. The Morgan fingerprint density at radius 2 is 1.04 bits per heavy atom. The van der Waals surface area contributed by atoms with Gasteiger partial charge in [0.2, 0.25) is 0 Å². The maximum Gasteiger partial charge on any atom is 0.186 e. The molecular weight excluding hydrogens is 625 g/mol. The van der Waals surface area contributed by atoms with Gasteiger partial charge >= 0.3 is 0 Å². The van der Waals surface area contributed by atoms with Gasteiger partial charge in [-0.3, -0.25) is 4.79 Å². The van der Waals surface area contributed by atoms with Crippen LogP contribution in [0.5, 0.6) is 0 Å². The number of unbranched alkanes of at least 4 members (excludes halogenated alkanes) is 1. The number of thioether (sulfide) groups is 1. The van der Waals surface area contributed by atoms with Gasteiger partial charge in [0.15, 0.2) is 11.4 Å². The van der Waals surface area contributed by atoms with E-state index in [4.69, 9.17) is 28.4 Å². The van der Waals surface area contributed by atoms with Crippen LogP contribution in [0.3, 0.4) is 0 Å². The first kappa shape index (κ1) is 36.0. The summed E-state index contributed by atoms with van der Waals surface area (Å²) in [5.41, 5.74) is 4.21. The SMILES string of the molecule is CC(=O)SCCCCO[C@@H]1O[C@H](COCc2ccccc2)[C@@H](OCc2ccccc2)[C@H](OCc2ccccc2)[C@H]1OCc1ccccc1. The molecule has 0 radical (unpaired) electrons. The summed E-state index contributed by atoms with van der Waals surface area (Å²) < 4.78 is 39.5. The first-order chi connectivity index (χ1) is 23.7. The Kier molecular flexibility index (Phi) is 15.2. The van der Waals surface area contributed by atoms with Gasteiger partial charge in [0.25, 0.3) is 0 Å². The highest BCUT2D eigenvalue weighted by Crippen LogP contribution is 2.32. The van der Waals surface area contributed by atoms with E-state index in [1.807, 2.05) is 121 Å². The number of benzene rings is 4. The molecule has 1 aliphatic rings. The van der Waals surface area contributed by atoms with Crippen LogP contribution in [0.25, 0.3) is 0 Å². The summed E-state index contributed by atoms with van der Waals surface area (Å²) in [5, 5.41) is 0.124. The highest BCUT2D eigenvalue weighted by Gasteiger charge is 2.49. The molecule has 5 rings (SSSR count). The Bertz CT molecular complexity index is 1440. The fourth-order valence-corrected chi connectivity index (χ4v) is 6.14. The average molecular weight is 671 g/mol. The Balaban J connectivity index is 1.39. The molecule has 254 valence electrons. The first-order valence-electron chi connectivity index (χ1n) is 16.6. The molecule has 0 aromatic heterocycles. The molecule has 1 heterocycles. The zero-order chi connectivity index (χ0) is 33.2. The number of hydrogen-bond donors (Lipinski definition) is 0. The van der Waals surface area contributed by atoms with Gasteiger partial charge in [-0.2, -0.15) is 0 Å². The van der Waals surface area contributed by atoms with Crippen molar-refractivity contribution in [2.45, 2.75) is 76.9 Å². The lowest BCUT2D eigenvalue weighted by molar-refractivity contribution is -0.328. The van der Waals surface area contributed by atoms with Crippen LogP contribution in [0.1, 0.15) is 42.0 Å². The summed E-state index contributed by atoms with van der Waals surface area (Å²) in [6.07, 6.45) is -1.22. The Labute approximate surface area is 288 Å². The molecule has 4 aromatic carbocycles. The van der Waals surface area contributed by atoms with E-state index in [0.29, 0.717) is 33.0 Å². The molecule has 5 atom stereocenters. The Hall–Kier alpha value is -3.34. The maximum atomic E-state index is 11.4. The Morgan fingerprint density at radius 1 is 0.583 bits per heavy atom. The molecule has 1 aliphatic heterocycles. The highest BCUT2D eigenvalue weighted by molar-refractivity contribution is 8.13. The molecule has 0 spiro atoms. The van der Waals surface area contributed by atoms with E-state index >= 15 is 0 Å². The number of carbonyl (C=O) groups excluding carboxylic acids is 1. The third kappa shape index (κ3) is 12.0. The van der Waals surface area contributed by atoms with Crippen molar-refractivity contribution >= 4 is 16.9 Å². The molecule has 0 aliphatic carbocycles. The normalized spacial score (nSPS) is 20.8. The molecule has 0 unspecified atom stereocenters. The van der Waals surface area contributed by atoms with Gasteiger partial charge in [-0.1, -0.05) is 133 Å². The van der Waals surface area contributed by atoms with E-state index in [1.54, 1.807) is 6.92 Å². The van der Waals surface area contributed by atoms with Gasteiger partial charge in [0.05, 0.1) is 33.0 Å². The van der Waals surface area contributed by atoms with Gasteiger partial charge < -0.3 is 28.4 Å². The summed E-state index contributed by atoms with van der Waals surface area (Å²) in [7, 11) is 0. The lowest BCUT2D eigenvalue weighted by Crippen LogP contribution is -2.61. The van der Waals surface area contributed by atoms with Crippen molar-refractivity contribution in [1.29, 1.82) is 0 Å². The van der Waals surface area contributed by atoms with Crippen LogP contribution in [-0.2, 0) is 59.6 Å². The standard InChI is InChI=1S/C40H46O7S/c1-31(41)48-25-15-14-24-43-40-39(46-29-35-22-12-5-13-23-35)38(45-28-34-20-10-4-11-21-34)37(44-27-33-18-8-3-9-19-33)36(47-40)30-42-26-32-16-6-2-7-17-32/h2-13,16-23,36-40H,14-15,24-30H2,1H3/t36-,37-,38+,39-,40-/m1/s1. The lowest BCUT2D eigenvalue weighted by atomic mass is 9.97. The summed E-state index contributed by atoms with van der Waals surface area (Å²) >= 11 is 1.34. The molecular formula is C40H46O7S. The van der Waals surface area contributed by atoms with Crippen molar-refractivity contribution in [1.82, 2.24) is 0 Å². The molecule has 4 aromatic rings. The molecule has 0 bridgehead atoms. The van der Waals surface area contributed by atoms with Crippen LogP contribution < -0.4 is 0 Å². The molecule has 0 N–H and O–H groups in total. The minimum atomic E-state index is -0.725. The van der Waals surface area contributed by atoms with Crippen molar-refractivity contribution in [3.8, 4) is 0 Å². The third-order valence-electron chi connectivity index (χ3n) is 7.97. The fraction of sp³-hybridized carbons (Fsp3) is 0.375. The van der Waals surface area contributed by atoms with Gasteiger partial charge in [-0.25, -0.2) is 0 Å². The Morgan fingerprint density at radius 3 is 1.54 bits per heavy atom. The quantitative estimate of drug-likeness (QED) is 0.0938. The van der Waals surface area contributed by atoms with Crippen LogP contribution in [0, 0.1) is 0 Å². The zero-order valence-corrected chi connectivity index (χ0v) is 28.4. The van der Waals surface area contributed by atoms with Gasteiger partial charge in [-0.15, -0.1) is 0 Å². The molecule has 48 heavy (non-hydrogen) atoms. The van der Waals surface area contributed by atoms with Crippen molar-refractivity contribution in [2.75, 3.05) is 19.0 Å². The summed E-state index contributed by atoms with van der Waals surface area (Å²) in [5.74, 6) is 0.756. The first-order valence-corrected chi connectivity index (χ1v) is 17.6. The summed E-state index contributed by atoms with van der Waals surface area (Å²) in [6, 6.07) is 40.3. The van der Waals surface area contributed by atoms with Gasteiger partial charge in [0, 0.05) is 19.3 Å². The number of hydrogen-bond acceptors (Lipinski definition) is 8. The van der Waals surface area contributed by atoms with Gasteiger partial charge in [0.1, 0.15) is 24.4 Å². The van der Waals surface area contributed by atoms with Crippen molar-refractivity contribution in [3.63, 3.8) is 0 Å². The van der Waals surface area contributed by atoms with Crippen molar-refractivity contribution in [3.05, 3.63) is 144 Å². The second-order valence-corrected chi connectivity index (χ2v) is 13.0. The van der Waals surface area contributed by atoms with Crippen LogP contribution in [0.15, 0.2) is 121 Å². The fourth-order valence-electron chi connectivity index (χ4n) is 5.50. The summed E-state index contributed by atoms with van der Waals surface area (Å²) in [6.45, 7) is 3.86. The lowest BCUT2D eigenvalue weighted by Gasteiger charge is -2.46. The van der Waals surface area contributed by atoms with Crippen molar-refractivity contribution in [2.24, 2.45) is 0 Å². The smallest absolute Gasteiger partial charge is 0.186 e. The largest absolute Gasteiger partial charge is 0.374 e. The van der Waals surface area contributed by atoms with Crippen LogP contribution in [0.2, 0.25) is 0 Å². The number of carbonyl (C=O) groups is 1. The van der Waals surface area contributed by atoms with Crippen LogP contribution >= 0.6 is 11.8 Å². The second-order valence-electron chi connectivity index (χ2n) is 11.7. The molecule has 0 amide bonds. The van der Waals surface area contributed by atoms with E-state index < -0.39 is 30.7 Å². The average Bonchev–Trinajstić information content (AvgIpc) is 3.12. The molecule has 1 fully saturated rings. The van der Waals surface area contributed by atoms with E-state index in [1.165, 1.54) is 11.8 Å². The van der Waals surface area contributed by atoms with E-state index in [9.17, 15) is 4.79 Å². The third-order valence-corrected chi connectivity index (χ3v) is 8.87. The molecule has 1 saturated heterocycles. The molecule has 8 heteroatoms. The van der Waals surface area contributed by atoms with E-state index in [2.05, 4.69) is 0 Å². The van der Waals surface area contributed by atoms with Crippen molar-refractivity contribution < 1.29 is 33.2 Å². The second kappa shape index (κ2) is 20.2. The maximum absolute atomic E-state index is 11.4. The predicted octanol–water partition coefficient (Wildman–Crippen LogP) is 7.76. The topological polar surface area (TPSA) is 72.5 Å². The summed E-state index contributed by atoms with van der Waals surface area (Å²) in [4.78, 5) is 11.4. The highest BCUT2D eigenvalue weighted by atomic mass is 32.2. The number of ether oxygens (including phenoxy) is 6. The van der Waals surface area contributed by atoms with Crippen LogP contribution in [0.4, 0.5) is 0 Å². The van der Waals surface area contributed by atoms with Gasteiger partial charge in [-0.05, 0) is 35.1 Å². The minimum absolute atomic E-state index is 0.124. The molecule has 7 nitrogen and oxygen atoms in total. The van der Waals surface area contributed by atoms with E-state index in [-0.39, 0.29) is 11.7 Å².